The fraction of sp³-hybridized carbons (Fsp3) is 0.818. The normalized spacial score (nSPS) is 32.6. The molecule has 7 nitrogen and oxygen atoms in total. The van der Waals surface area contributed by atoms with E-state index >= 15 is 0 Å². The maximum absolute atomic E-state index is 12.0. The van der Waals surface area contributed by atoms with Crippen LogP contribution in [0.1, 0.15) is 66.7 Å². The summed E-state index contributed by atoms with van der Waals surface area (Å²) in [5, 5.41) is 0. The summed E-state index contributed by atoms with van der Waals surface area (Å²) in [5.41, 5.74) is 0.500. The Morgan fingerprint density at radius 1 is 1.21 bits per heavy atom. The van der Waals surface area contributed by atoms with Gasteiger partial charge in [-0.15, -0.1) is 0 Å². The van der Waals surface area contributed by atoms with E-state index in [1.165, 1.54) is 6.92 Å². The molecule has 0 amide bonds. The second kappa shape index (κ2) is 9.58. The summed E-state index contributed by atoms with van der Waals surface area (Å²) in [5.74, 6) is -1.27. The smallest absolute Gasteiger partial charge is 0.344 e. The number of carbonyl (C=O) groups excluding carboxylic acids is 2. The topological polar surface area (TPSA) is 80.3 Å². The predicted molar refractivity (Wildman–Crippen MR) is 107 cm³/mol. The first-order chi connectivity index (χ1) is 13.5. The third kappa shape index (κ3) is 6.52. The molecule has 7 heteroatoms. The first kappa shape index (κ1) is 23.8. The van der Waals surface area contributed by atoms with Crippen LogP contribution in [0.3, 0.4) is 0 Å². The number of esters is 2. The summed E-state index contributed by atoms with van der Waals surface area (Å²) in [6, 6.07) is 0. The molecule has 1 unspecified atom stereocenters. The van der Waals surface area contributed by atoms with Crippen molar-refractivity contribution in [2.24, 2.45) is 11.3 Å². The molecule has 0 aromatic rings. The third-order valence-electron chi connectivity index (χ3n) is 5.96. The Hall–Kier alpha value is -1.44. The molecular weight excluding hydrogens is 376 g/mol. The van der Waals surface area contributed by atoms with Gasteiger partial charge in [-0.25, -0.2) is 9.59 Å². The molecule has 1 heterocycles. The van der Waals surface area contributed by atoms with Gasteiger partial charge in [0.1, 0.15) is 6.10 Å². The van der Waals surface area contributed by atoms with E-state index in [4.69, 9.17) is 23.7 Å². The predicted octanol–water partition coefficient (Wildman–Crippen LogP) is 3.75. The summed E-state index contributed by atoms with van der Waals surface area (Å²) in [6.45, 7) is 13.2. The average Bonchev–Trinajstić information content (AvgIpc) is 2.97. The lowest BCUT2D eigenvalue weighted by Gasteiger charge is -2.43. The summed E-state index contributed by atoms with van der Waals surface area (Å²) in [6.07, 6.45) is 2.80. The lowest BCUT2D eigenvalue weighted by Crippen LogP contribution is -2.44. The van der Waals surface area contributed by atoms with Gasteiger partial charge in [0.25, 0.3) is 0 Å². The van der Waals surface area contributed by atoms with Gasteiger partial charge in [0.2, 0.25) is 0 Å². The highest BCUT2D eigenvalue weighted by Crippen LogP contribution is 2.44. The molecule has 29 heavy (non-hydrogen) atoms. The van der Waals surface area contributed by atoms with Gasteiger partial charge < -0.3 is 23.7 Å². The molecule has 2 aliphatic rings. The number of carbonyl (C=O) groups is 2. The summed E-state index contributed by atoms with van der Waals surface area (Å²) in [7, 11) is 1.67. The quantitative estimate of drug-likeness (QED) is 0.358. The Labute approximate surface area is 174 Å². The van der Waals surface area contributed by atoms with Crippen molar-refractivity contribution >= 4 is 11.9 Å². The molecule has 0 bridgehead atoms. The Morgan fingerprint density at radius 3 is 2.34 bits per heavy atom. The number of hydrogen-bond donors (Lipinski definition) is 0. The van der Waals surface area contributed by atoms with Gasteiger partial charge >= 0.3 is 11.9 Å². The second-order valence-electron chi connectivity index (χ2n) is 9.26. The Morgan fingerprint density at radius 2 is 1.83 bits per heavy atom. The van der Waals surface area contributed by atoms with Gasteiger partial charge in [0, 0.05) is 31.9 Å². The van der Waals surface area contributed by atoms with Gasteiger partial charge in [-0.2, -0.15) is 0 Å². The SMILES string of the molecule is C=C(C)C(=O)OCC(=O)OC1C[C@@H](OC2(OC)CCC(C(C)(C)C)CC2)O[C@@H]1C. The molecular formula is C22H36O7. The van der Waals surface area contributed by atoms with Crippen molar-refractivity contribution in [1.29, 1.82) is 0 Å². The highest BCUT2D eigenvalue weighted by molar-refractivity contribution is 5.88. The van der Waals surface area contributed by atoms with E-state index in [-0.39, 0.29) is 17.1 Å². The average molecular weight is 413 g/mol. The van der Waals surface area contributed by atoms with Crippen molar-refractivity contribution < 1.29 is 33.3 Å². The van der Waals surface area contributed by atoms with Crippen molar-refractivity contribution in [2.75, 3.05) is 13.7 Å². The standard InChI is InChI=1S/C22H36O7/c1-14(2)20(24)26-13-18(23)28-17-12-19(27-15(17)3)29-22(25-7)10-8-16(9-11-22)21(4,5)6/h15-17,19H,1,8-13H2,2-7H3/t15-,16?,17?,19-,22?/m1/s1. The summed E-state index contributed by atoms with van der Waals surface area (Å²) >= 11 is 0. The molecule has 166 valence electrons. The lowest BCUT2D eigenvalue weighted by molar-refractivity contribution is -0.310. The van der Waals surface area contributed by atoms with Crippen molar-refractivity contribution in [3.05, 3.63) is 12.2 Å². The van der Waals surface area contributed by atoms with E-state index in [1.807, 2.05) is 6.92 Å². The van der Waals surface area contributed by atoms with Gasteiger partial charge in [0.15, 0.2) is 18.7 Å². The zero-order valence-corrected chi connectivity index (χ0v) is 18.6. The van der Waals surface area contributed by atoms with Gasteiger partial charge in [0.05, 0.1) is 6.10 Å². The molecule has 1 aliphatic carbocycles. The van der Waals surface area contributed by atoms with Crippen LogP contribution in [-0.4, -0.2) is 49.9 Å². The van der Waals surface area contributed by atoms with Crippen LogP contribution in [0.5, 0.6) is 0 Å². The number of ether oxygens (including phenoxy) is 5. The molecule has 0 aromatic carbocycles. The molecule has 3 atom stereocenters. The van der Waals surface area contributed by atoms with Crippen LogP contribution in [0.4, 0.5) is 0 Å². The number of methoxy groups -OCH3 is 1. The summed E-state index contributed by atoms with van der Waals surface area (Å²) < 4.78 is 28.1. The highest BCUT2D eigenvalue weighted by atomic mass is 16.8. The van der Waals surface area contributed by atoms with Crippen molar-refractivity contribution in [1.82, 2.24) is 0 Å². The maximum atomic E-state index is 12.0. The van der Waals surface area contributed by atoms with Crippen LogP contribution in [0, 0.1) is 11.3 Å². The van der Waals surface area contributed by atoms with Gasteiger partial charge in [-0.05, 0) is 38.0 Å². The van der Waals surface area contributed by atoms with E-state index in [1.54, 1.807) is 7.11 Å². The molecule has 2 fully saturated rings. The third-order valence-corrected chi connectivity index (χ3v) is 5.96. The minimum atomic E-state index is -0.665. The monoisotopic (exact) mass is 412 g/mol. The molecule has 2 rings (SSSR count). The molecule has 0 aromatic heterocycles. The lowest BCUT2D eigenvalue weighted by atomic mass is 9.71. The van der Waals surface area contributed by atoms with Crippen LogP contribution >= 0.6 is 0 Å². The molecule has 0 N–H and O–H groups in total. The van der Waals surface area contributed by atoms with Crippen LogP contribution in [-0.2, 0) is 33.3 Å². The second-order valence-corrected chi connectivity index (χ2v) is 9.26. The number of hydrogen-bond acceptors (Lipinski definition) is 7. The van der Waals surface area contributed by atoms with Crippen molar-refractivity contribution in [3.8, 4) is 0 Å². The van der Waals surface area contributed by atoms with Crippen molar-refractivity contribution in [2.45, 2.75) is 91.0 Å². The van der Waals surface area contributed by atoms with Crippen LogP contribution in [0.15, 0.2) is 12.2 Å². The zero-order valence-electron chi connectivity index (χ0n) is 18.6. The Bertz CT molecular complexity index is 599. The van der Waals surface area contributed by atoms with Gasteiger partial charge in [-0.3, -0.25) is 0 Å². The minimum absolute atomic E-state index is 0.231. The molecule has 1 aliphatic heterocycles. The minimum Gasteiger partial charge on any atom is -0.457 e. The van der Waals surface area contributed by atoms with E-state index in [0.717, 1.165) is 25.7 Å². The first-order valence-corrected chi connectivity index (χ1v) is 10.4. The Balaban J connectivity index is 1.84. The fourth-order valence-electron chi connectivity index (χ4n) is 3.97. The van der Waals surface area contributed by atoms with E-state index in [0.29, 0.717) is 12.3 Å². The van der Waals surface area contributed by atoms with Crippen LogP contribution in [0.25, 0.3) is 0 Å². The molecule has 0 radical (unpaired) electrons. The number of rotatable bonds is 7. The summed E-state index contributed by atoms with van der Waals surface area (Å²) in [4.78, 5) is 23.4. The van der Waals surface area contributed by atoms with E-state index in [2.05, 4.69) is 27.4 Å². The highest BCUT2D eigenvalue weighted by Gasteiger charge is 2.45. The Kier molecular flexibility index (Phi) is 7.87. The molecule has 0 spiro atoms. The van der Waals surface area contributed by atoms with Gasteiger partial charge in [-0.1, -0.05) is 27.4 Å². The van der Waals surface area contributed by atoms with Crippen LogP contribution in [0.2, 0.25) is 0 Å². The molecule has 1 saturated carbocycles. The van der Waals surface area contributed by atoms with Crippen molar-refractivity contribution in [3.63, 3.8) is 0 Å². The molecule has 1 saturated heterocycles. The zero-order chi connectivity index (χ0) is 21.8. The largest absolute Gasteiger partial charge is 0.457 e. The first-order valence-electron chi connectivity index (χ1n) is 10.4. The van der Waals surface area contributed by atoms with E-state index < -0.39 is 36.7 Å². The fourth-order valence-corrected chi connectivity index (χ4v) is 3.97. The van der Waals surface area contributed by atoms with E-state index in [9.17, 15) is 9.59 Å². The van der Waals surface area contributed by atoms with Crippen LogP contribution < -0.4 is 0 Å². The maximum Gasteiger partial charge on any atom is 0.344 e.